The molecule has 0 atom stereocenters. The van der Waals surface area contributed by atoms with Gasteiger partial charge in [-0.05, 0) is 44.9 Å². The molecule has 2 aromatic rings. The summed E-state index contributed by atoms with van der Waals surface area (Å²) in [6.07, 6.45) is 0.778. The molecule has 7 heteroatoms. The zero-order valence-corrected chi connectivity index (χ0v) is 12.3. The van der Waals surface area contributed by atoms with E-state index in [1.165, 1.54) is 4.40 Å². The summed E-state index contributed by atoms with van der Waals surface area (Å²) in [4.78, 5) is 3.65. The molecule has 0 bridgehead atoms. The smallest absolute Gasteiger partial charge is 0.368 e. The topological polar surface area (TPSA) is 41.4 Å². The molecule has 1 fully saturated rings. The summed E-state index contributed by atoms with van der Waals surface area (Å²) in [5.74, 6) is 0.661. The van der Waals surface area contributed by atoms with Crippen LogP contribution in [0.15, 0.2) is 24.4 Å². The molecule has 0 spiro atoms. The number of nitrogens with one attached hydrogen (secondary N) is 2. The van der Waals surface area contributed by atoms with Crippen molar-refractivity contribution < 1.29 is 13.2 Å². The number of alkyl halides is 3. The van der Waals surface area contributed by atoms with E-state index in [1.54, 1.807) is 18.2 Å². The van der Waals surface area contributed by atoms with Gasteiger partial charge in [0.05, 0.1) is 0 Å². The Morgan fingerprint density at radius 1 is 1.14 bits per heavy atom. The molecule has 2 N–H and O–H groups in total. The van der Waals surface area contributed by atoms with Gasteiger partial charge >= 0.3 is 6.18 Å². The molecule has 0 unspecified atom stereocenters. The normalized spacial score (nSPS) is 22.9. The van der Waals surface area contributed by atoms with E-state index in [0.717, 1.165) is 31.9 Å². The van der Waals surface area contributed by atoms with Gasteiger partial charge in [-0.2, -0.15) is 13.2 Å². The Labute approximate surface area is 126 Å². The van der Waals surface area contributed by atoms with Crippen LogP contribution < -0.4 is 10.6 Å². The second kappa shape index (κ2) is 5.79. The molecule has 2 heterocycles. The minimum atomic E-state index is -4.42. The number of imidazole rings is 1. The third-order valence-electron chi connectivity index (χ3n) is 4.27. The average Bonchev–Trinajstić information content (AvgIpc) is 2.93. The average molecular weight is 312 g/mol. The lowest BCUT2D eigenvalue weighted by atomic mass is 9.91. The van der Waals surface area contributed by atoms with Crippen molar-refractivity contribution >= 4 is 11.5 Å². The Hall–Kier alpha value is -1.76. The fourth-order valence-electron chi connectivity index (χ4n) is 3.00. The van der Waals surface area contributed by atoms with E-state index in [1.807, 2.05) is 7.05 Å². The van der Waals surface area contributed by atoms with Crippen LogP contribution in [0.3, 0.4) is 0 Å². The monoisotopic (exact) mass is 312 g/mol. The summed E-state index contributed by atoms with van der Waals surface area (Å²) in [6.45, 7) is 0. The fourth-order valence-corrected chi connectivity index (χ4v) is 3.00. The second-order valence-electron chi connectivity index (χ2n) is 5.74. The highest BCUT2D eigenvalue weighted by Crippen LogP contribution is 2.30. The number of rotatable bonds is 3. The maximum absolute atomic E-state index is 12.8. The molecule has 0 radical (unpaired) electrons. The molecular weight excluding hydrogens is 293 g/mol. The summed E-state index contributed by atoms with van der Waals surface area (Å²) >= 11 is 0. The predicted molar refractivity (Wildman–Crippen MR) is 78.9 cm³/mol. The highest BCUT2D eigenvalue weighted by atomic mass is 19.4. The zero-order chi connectivity index (χ0) is 15.7. The maximum Gasteiger partial charge on any atom is 0.434 e. The van der Waals surface area contributed by atoms with Crippen molar-refractivity contribution in [3.05, 3.63) is 30.1 Å². The van der Waals surface area contributed by atoms with Gasteiger partial charge in [-0.1, -0.05) is 6.07 Å². The van der Waals surface area contributed by atoms with E-state index in [4.69, 9.17) is 0 Å². The SMILES string of the molecule is CNC1CCC(Nc2cccc3nc(C(F)(F)F)cn23)CC1. The van der Waals surface area contributed by atoms with Gasteiger partial charge in [0, 0.05) is 18.3 Å². The van der Waals surface area contributed by atoms with Crippen LogP contribution in [0.25, 0.3) is 5.65 Å². The minimum Gasteiger partial charge on any atom is -0.368 e. The van der Waals surface area contributed by atoms with E-state index in [9.17, 15) is 13.2 Å². The number of anilines is 1. The van der Waals surface area contributed by atoms with Gasteiger partial charge < -0.3 is 10.6 Å². The summed E-state index contributed by atoms with van der Waals surface area (Å²) in [7, 11) is 1.96. The minimum absolute atomic E-state index is 0.284. The zero-order valence-electron chi connectivity index (χ0n) is 12.3. The maximum atomic E-state index is 12.8. The lowest BCUT2D eigenvalue weighted by Gasteiger charge is -2.29. The Bertz CT molecular complexity index is 642. The molecular formula is C15H19F3N4. The van der Waals surface area contributed by atoms with Crippen molar-refractivity contribution in [1.82, 2.24) is 14.7 Å². The van der Waals surface area contributed by atoms with Gasteiger partial charge in [0.15, 0.2) is 5.69 Å². The van der Waals surface area contributed by atoms with E-state index < -0.39 is 11.9 Å². The molecule has 0 amide bonds. The van der Waals surface area contributed by atoms with Crippen LogP contribution in [0.5, 0.6) is 0 Å². The van der Waals surface area contributed by atoms with Crippen LogP contribution in [0.2, 0.25) is 0 Å². The van der Waals surface area contributed by atoms with E-state index in [2.05, 4.69) is 15.6 Å². The molecule has 22 heavy (non-hydrogen) atoms. The van der Waals surface area contributed by atoms with Gasteiger partial charge in [0.25, 0.3) is 0 Å². The standard InChI is InChI=1S/C15H19F3N4/c1-19-10-5-7-11(8-6-10)20-13-3-2-4-14-21-12(9-22(13)14)15(16,17)18/h2-4,9-11,19-20H,5-8H2,1H3. The van der Waals surface area contributed by atoms with E-state index in [-0.39, 0.29) is 6.04 Å². The third-order valence-corrected chi connectivity index (χ3v) is 4.27. The van der Waals surface area contributed by atoms with Crippen LogP contribution in [0.4, 0.5) is 19.0 Å². The first kappa shape index (κ1) is 15.1. The van der Waals surface area contributed by atoms with Crippen LogP contribution in [-0.4, -0.2) is 28.5 Å². The van der Waals surface area contributed by atoms with E-state index >= 15 is 0 Å². The number of aromatic nitrogens is 2. The largest absolute Gasteiger partial charge is 0.434 e. The van der Waals surface area contributed by atoms with Crippen molar-refractivity contribution in [3.63, 3.8) is 0 Å². The Balaban J connectivity index is 1.81. The first-order valence-electron chi connectivity index (χ1n) is 7.46. The summed E-state index contributed by atoms with van der Waals surface area (Å²) in [5.41, 5.74) is -0.554. The van der Waals surface area contributed by atoms with Crippen molar-refractivity contribution in [2.45, 2.75) is 43.9 Å². The van der Waals surface area contributed by atoms with E-state index in [0.29, 0.717) is 17.5 Å². The predicted octanol–water partition coefficient (Wildman–Crippen LogP) is 3.30. The molecule has 1 aliphatic rings. The highest BCUT2D eigenvalue weighted by Gasteiger charge is 2.34. The van der Waals surface area contributed by atoms with Gasteiger partial charge in [-0.15, -0.1) is 0 Å². The lowest BCUT2D eigenvalue weighted by Crippen LogP contribution is -2.35. The van der Waals surface area contributed by atoms with Gasteiger partial charge in [0.1, 0.15) is 11.5 Å². The Morgan fingerprint density at radius 2 is 1.82 bits per heavy atom. The Morgan fingerprint density at radius 3 is 2.45 bits per heavy atom. The summed E-state index contributed by atoms with van der Waals surface area (Å²) < 4.78 is 39.9. The number of hydrogen-bond donors (Lipinski definition) is 2. The highest BCUT2D eigenvalue weighted by molar-refractivity contribution is 5.51. The van der Waals surface area contributed by atoms with Crippen molar-refractivity contribution in [2.24, 2.45) is 0 Å². The number of fused-ring (bicyclic) bond motifs is 1. The number of halogens is 3. The van der Waals surface area contributed by atoms with Crippen LogP contribution >= 0.6 is 0 Å². The third kappa shape index (κ3) is 3.04. The molecule has 0 aliphatic heterocycles. The number of nitrogens with zero attached hydrogens (tertiary/aromatic N) is 2. The number of pyridine rings is 1. The summed E-state index contributed by atoms with van der Waals surface area (Å²) in [6, 6.07) is 5.92. The molecule has 4 nitrogen and oxygen atoms in total. The van der Waals surface area contributed by atoms with Gasteiger partial charge in [-0.25, -0.2) is 4.98 Å². The van der Waals surface area contributed by atoms with Crippen molar-refractivity contribution in [1.29, 1.82) is 0 Å². The van der Waals surface area contributed by atoms with Crippen LogP contribution in [-0.2, 0) is 6.18 Å². The van der Waals surface area contributed by atoms with Crippen LogP contribution in [0.1, 0.15) is 31.4 Å². The quantitative estimate of drug-likeness (QED) is 0.914. The Kier molecular flexibility index (Phi) is 3.99. The fraction of sp³-hybridized carbons (Fsp3) is 0.533. The second-order valence-corrected chi connectivity index (χ2v) is 5.74. The molecule has 120 valence electrons. The first-order chi connectivity index (χ1) is 10.5. The molecule has 0 aromatic carbocycles. The lowest BCUT2D eigenvalue weighted by molar-refractivity contribution is -0.140. The van der Waals surface area contributed by atoms with Crippen molar-refractivity contribution in [2.75, 3.05) is 12.4 Å². The number of hydrogen-bond acceptors (Lipinski definition) is 3. The molecule has 0 saturated heterocycles. The molecule has 2 aromatic heterocycles. The van der Waals surface area contributed by atoms with Crippen LogP contribution in [0, 0.1) is 0 Å². The molecule has 1 saturated carbocycles. The van der Waals surface area contributed by atoms with Gasteiger partial charge in [-0.3, -0.25) is 4.40 Å². The summed E-state index contributed by atoms with van der Waals surface area (Å²) in [5, 5.41) is 6.63. The molecule has 1 aliphatic carbocycles. The first-order valence-corrected chi connectivity index (χ1v) is 7.46. The molecule has 3 rings (SSSR count). The van der Waals surface area contributed by atoms with Crippen molar-refractivity contribution in [3.8, 4) is 0 Å². The van der Waals surface area contributed by atoms with Gasteiger partial charge in [0.2, 0.25) is 0 Å².